The Balaban J connectivity index is 1.63. The smallest absolute Gasteiger partial charge is 0.407 e. The number of benzene rings is 1. The zero-order valence-corrected chi connectivity index (χ0v) is 12.4. The average molecular weight is 290 g/mol. The minimum Gasteiger partial charge on any atom is -0.497 e. The summed E-state index contributed by atoms with van der Waals surface area (Å²) in [6.45, 7) is 3.34. The predicted octanol–water partition coefficient (Wildman–Crippen LogP) is 2.20. The summed E-state index contributed by atoms with van der Waals surface area (Å²) >= 11 is 0. The van der Waals surface area contributed by atoms with E-state index in [-0.39, 0.29) is 0 Å². The van der Waals surface area contributed by atoms with Crippen LogP contribution in [0.4, 0.5) is 4.79 Å². The summed E-state index contributed by atoms with van der Waals surface area (Å²) in [7, 11) is 1.70. The fourth-order valence-corrected chi connectivity index (χ4v) is 3.41. The highest BCUT2D eigenvalue weighted by Crippen LogP contribution is 2.27. The van der Waals surface area contributed by atoms with E-state index >= 15 is 0 Å². The van der Waals surface area contributed by atoms with Crippen LogP contribution in [0.15, 0.2) is 18.2 Å². The van der Waals surface area contributed by atoms with Crippen molar-refractivity contribution in [1.29, 1.82) is 0 Å². The quantitative estimate of drug-likeness (QED) is 0.907. The molecular weight excluding hydrogens is 268 g/mol. The van der Waals surface area contributed by atoms with Crippen LogP contribution in [0.25, 0.3) is 0 Å². The molecule has 1 N–H and O–H groups in total. The summed E-state index contributed by atoms with van der Waals surface area (Å²) in [5.41, 5.74) is 2.76. The highest BCUT2D eigenvalue weighted by Gasteiger charge is 2.28. The molecule has 1 amide bonds. The van der Waals surface area contributed by atoms with Gasteiger partial charge in [0.1, 0.15) is 5.75 Å². The van der Waals surface area contributed by atoms with Crippen LogP contribution in [0, 0.1) is 0 Å². The standard InChI is InChI=1S/C16H22N2O3/c1-21-15-3-2-13-11-18(7-4-12(13)10-15)14-5-8-17(9-6-14)16(19)20/h2-3,10,14H,4-9,11H2,1H3,(H,19,20). The lowest BCUT2D eigenvalue weighted by molar-refractivity contribution is 0.0884. The van der Waals surface area contributed by atoms with Gasteiger partial charge in [-0.2, -0.15) is 0 Å². The third-order valence-corrected chi connectivity index (χ3v) is 4.71. The van der Waals surface area contributed by atoms with E-state index in [4.69, 9.17) is 9.84 Å². The Bertz CT molecular complexity index is 524. The Kier molecular flexibility index (Phi) is 4.01. The molecule has 0 atom stereocenters. The molecule has 0 unspecified atom stereocenters. The van der Waals surface area contributed by atoms with E-state index in [0.29, 0.717) is 19.1 Å². The molecule has 0 radical (unpaired) electrons. The minimum absolute atomic E-state index is 0.510. The second-order valence-electron chi connectivity index (χ2n) is 5.86. The fourth-order valence-electron chi connectivity index (χ4n) is 3.41. The van der Waals surface area contributed by atoms with E-state index in [2.05, 4.69) is 17.0 Å². The SMILES string of the molecule is COc1ccc2c(c1)CCN(C1CCN(C(=O)O)CC1)C2. The molecule has 0 aliphatic carbocycles. The lowest BCUT2D eigenvalue weighted by atomic mass is 9.95. The first-order chi connectivity index (χ1) is 10.2. The number of hydrogen-bond acceptors (Lipinski definition) is 3. The van der Waals surface area contributed by atoms with Gasteiger partial charge in [0.2, 0.25) is 0 Å². The van der Waals surface area contributed by atoms with Crippen molar-refractivity contribution >= 4 is 6.09 Å². The van der Waals surface area contributed by atoms with Crippen molar-refractivity contribution in [2.75, 3.05) is 26.7 Å². The number of amides is 1. The number of likely N-dealkylation sites (tertiary alicyclic amines) is 1. The number of rotatable bonds is 2. The fraction of sp³-hybridized carbons (Fsp3) is 0.562. The molecular formula is C16H22N2O3. The van der Waals surface area contributed by atoms with E-state index < -0.39 is 6.09 Å². The Morgan fingerprint density at radius 1 is 1.24 bits per heavy atom. The largest absolute Gasteiger partial charge is 0.497 e. The molecule has 5 heteroatoms. The van der Waals surface area contributed by atoms with Crippen molar-refractivity contribution in [3.8, 4) is 5.75 Å². The number of carbonyl (C=O) groups is 1. The average Bonchev–Trinajstić information content (AvgIpc) is 2.54. The Morgan fingerprint density at radius 2 is 2.00 bits per heavy atom. The molecule has 1 fully saturated rings. The Labute approximate surface area is 125 Å². The molecule has 2 heterocycles. The minimum atomic E-state index is -0.787. The molecule has 0 bridgehead atoms. The Hall–Kier alpha value is -1.75. The van der Waals surface area contributed by atoms with Crippen LogP contribution >= 0.6 is 0 Å². The summed E-state index contributed by atoms with van der Waals surface area (Å²) in [4.78, 5) is 15.0. The van der Waals surface area contributed by atoms with Gasteiger partial charge in [-0.3, -0.25) is 4.90 Å². The molecule has 0 spiro atoms. The first-order valence-electron chi connectivity index (χ1n) is 7.55. The van der Waals surface area contributed by atoms with Gasteiger partial charge < -0.3 is 14.7 Å². The van der Waals surface area contributed by atoms with Crippen molar-refractivity contribution < 1.29 is 14.6 Å². The second-order valence-corrected chi connectivity index (χ2v) is 5.86. The van der Waals surface area contributed by atoms with Crippen LogP contribution in [0.1, 0.15) is 24.0 Å². The molecule has 1 aromatic rings. The van der Waals surface area contributed by atoms with Gasteiger partial charge in [0.15, 0.2) is 0 Å². The first-order valence-corrected chi connectivity index (χ1v) is 7.55. The number of ether oxygens (including phenoxy) is 1. The number of piperidine rings is 1. The summed E-state index contributed by atoms with van der Waals surface area (Å²) < 4.78 is 5.28. The molecule has 1 saturated heterocycles. The van der Waals surface area contributed by atoms with Gasteiger partial charge in [-0.15, -0.1) is 0 Å². The lowest BCUT2D eigenvalue weighted by Crippen LogP contribution is -2.47. The van der Waals surface area contributed by atoms with Crippen molar-refractivity contribution in [1.82, 2.24) is 9.80 Å². The van der Waals surface area contributed by atoms with E-state index in [1.807, 2.05) is 6.07 Å². The third kappa shape index (κ3) is 2.97. The van der Waals surface area contributed by atoms with Crippen molar-refractivity contribution in [3.05, 3.63) is 29.3 Å². The normalized spacial score (nSPS) is 20.1. The summed E-state index contributed by atoms with van der Waals surface area (Å²) in [6, 6.07) is 6.83. The van der Waals surface area contributed by atoms with E-state index in [1.165, 1.54) is 16.0 Å². The van der Waals surface area contributed by atoms with Gasteiger partial charge in [-0.05, 0) is 42.5 Å². The summed E-state index contributed by atoms with van der Waals surface area (Å²) in [6.07, 6.45) is 2.14. The van der Waals surface area contributed by atoms with Crippen LogP contribution in [0.5, 0.6) is 5.75 Å². The Morgan fingerprint density at radius 3 is 2.67 bits per heavy atom. The number of fused-ring (bicyclic) bond motifs is 1. The highest BCUT2D eigenvalue weighted by atomic mass is 16.5. The molecule has 0 aromatic heterocycles. The van der Waals surface area contributed by atoms with Crippen LogP contribution in [0.2, 0.25) is 0 Å². The molecule has 2 aliphatic rings. The number of nitrogens with zero attached hydrogens (tertiary/aromatic N) is 2. The third-order valence-electron chi connectivity index (χ3n) is 4.71. The number of carboxylic acid groups (broad SMARTS) is 1. The van der Waals surface area contributed by atoms with Gasteiger partial charge in [0.25, 0.3) is 0 Å². The summed E-state index contributed by atoms with van der Waals surface area (Å²) in [5.74, 6) is 0.928. The monoisotopic (exact) mass is 290 g/mol. The zero-order chi connectivity index (χ0) is 14.8. The van der Waals surface area contributed by atoms with E-state index in [0.717, 1.165) is 38.1 Å². The van der Waals surface area contributed by atoms with Gasteiger partial charge in [-0.25, -0.2) is 4.79 Å². The van der Waals surface area contributed by atoms with Gasteiger partial charge in [-0.1, -0.05) is 6.07 Å². The van der Waals surface area contributed by atoms with Gasteiger partial charge in [0, 0.05) is 32.2 Å². The lowest BCUT2D eigenvalue weighted by Gasteiger charge is -2.40. The van der Waals surface area contributed by atoms with Crippen molar-refractivity contribution in [3.63, 3.8) is 0 Å². The maximum Gasteiger partial charge on any atom is 0.407 e. The van der Waals surface area contributed by atoms with Gasteiger partial charge >= 0.3 is 6.09 Å². The molecule has 21 heavy (non-hydrogen) atoms. The topological polar surface area (TPSA) is 53.0 Å². The molecule has 2 aliphatic heterocycles. The maximum absolute atomic E-state index is 11.0. The van der Waals surface area contributed by atoms with Crippen LogP contribution in [-0.4, -0.2) is 53.8 Å². The maximum atomic E-state index is 11.0. The van der Waals surface area contributed by atoms with E-state index in [9.17, 15) is 4.79 Å². The predicted molar refractivity (Wildman–Crippen MR) is 79.7 cm³/mol. The summed E-state index contributed by atoms with van der Waals surface area (Å²) in [5, 5.41) is 9.01. The van der Waals surface area contributed by atoms with Crippen LogP contribution in [0.3, 0.4) is 0 Å². The van der Waals surface area contributed by atoms with E-state index in [1.54, 1.807) is 7.11 Å². The highest BCUT2D eigenvalue weighted by molar-refractivity contribution is 5.65. The van der Waals surface area contributed by atoms with Crippen LogP contribution in [-0.2, 0) is 13.0 Å². The molecule has 3 rings (SSSR count). The van der Waals surface area contributed by atoms with Crippen molar-refractivity contribution in [2.24, 2.45) is 0 Å². The van der Waals surface area contributed by atoms with Crippen LogP contribution < -0.4 is 4.74 Å². The first kappa shape index (κ1) is 14.2. The van der Waals surface area contributed by atoms with Gasteiger partial charge in [0.05, 0.1) is 7.11 Å². The molecule has 1 aromatic carbocycles. The zero-order valence-electron chi connectivity index (χ0n) is 12.4. The number of hydrogen-bond donors (Lipinski definition) is 1. The van der Waals surface area contributed by atoms with Crippen molar-refractivity contribution in [2.45, 2.75) is 31.8 Å². The number of methoxy groups -OCH3 is 1. The molecule has 0 saturated carbocycles. The molecule has 114 valence electrons. The molecule has 5 nitrogen and oxygen atoms in total. The second kappa shape index (κ2) is 5.93.